The van der Waals surface area contributed by atoms with Gasteiger partial charge in [-0.25, -0.2) is 0 Å². The quantitative estimate of drug-likeness (QED) is 0.706. The molecule has 1 aromatic carbocycles. The molecule has 1 heterocycles. The van der Waals surface area contributed by atoms with Crippen LogP contribution in [0.4, 0.5) is 0 Å². The number of benzene rings is 1. The Bertz CT molecular complexity index is 385. The summed E-state index contributed by atoms with van der Waals surface area (Å²) in [5, 5.41) is 17.9. The summed E-state index contributed by atoms with van der Waals surface area (Å²) in [7, 11) is -1.48. The first-order chi connectivity index (χ1) is 8.18. The molecular formula is C12H16BNO3. The molecular weight excluding hydrogens is 217 g/mol. The second-order valence-electron chi connectivity index (χ2n) is 4.35. The van der Waals surface area contributed by atoms with Crippen LogP contribution in [0.5, 0.6) is 0 Å². The molecule has 1 aliphatic rings. The predicted octanol–water partition coefficient (Wildman–Crippen LogP) is -0.00750. The Kier molecular flexibility index (Phi) is 3.81. The summed E-state index contributed by atoms with van der Waals surface area (Å²) < 4.78 is 0. The Morgan fingerprint density at radius 2 is 1.65 bits per heavy atom. The Morgan fingerprint density at radius 3 is 2.18 bits per heavy atom. The molecule has 0 radical (unpaired) electrons. The van der Waals surface area contributed by atoms with Gasteiger partial charge >= 0.3 is 7.12 Å². The van der Waals surface area contributed by atoms with Crippen molar-refractivity contribution in [1.82, 2.24) is 4.90 Å². The van der Waals surface area contributed by atoms with E-state index in [1.807, 2.05) is 4.90 Å². The van der Waals surface area contributed by atoms with E-state index in [1.165, 1.54) is 6.42 Å². The summed E-state index contributed by atoms with van der Waals surface area (Å²) in [6.07, 6.45) is 3.33. The normalized spacial score (nSPS) is 15.8. The number of carbonyl (C=O) groups excluding carboxylic acids is 1. The van der Waals surface area contributed by atoms with Crippen molar-refractivity contribution in [1.29, 1.82) is 0 Å². The molecule has 4 nitrogen and oxygen atoms in total. The Balaban J connectivity index is 2.08. The third-order valence-electron chi connectivity index (χ3n) is 3.10. The lowest BCUT2D eigenvalue weighted by Gasteiger charge is -2.26. The van der Waals surface area contributed by atoms with Crippen LogP contribution < -0.4 is 5.46 Å². The standard InChI is InChI=1S/C12H16BNO3/c15-12(14-8-2-1-3-9-14)10-4-6-11(7-5-10)13(16)17/h4-7,16-17H,1-3,8-9H2. The lowest BCUT2D eigenvalue weighted by molar-refractivity contribution is 0.0724. The summed E-state index contributed by atoms with van der Waals surface area (Å²) in [6, 6.07) is 6.43. The van der Waals surface area contributed by atoms with E-state index < -0.39 is 7.12 Å². The lowest BCUT2D eigenvalue weighted by Crippen LogP contribution is -2.36. The molecule has 17 heavy (non-hydrogen) atoms. The van der Waals surface area contributed by atoms with Gasteiger partial charge in [0.2, 0.25) is 0 Å². The lowest BCUT2D eigenvalue weighted by atomic mass is 9.80. The number of likely N-dealkylation sites (tertiary alicyclic amines) is 1. The molecule has 1 amide bonds. The fourth-order valence-electron chi connectivity index (χ4n) is 2.08. The van der Waals surface area contributed by atoms with E-state index >= 15 is 0 Å². The number of hydrogen-bond acceptors (Lipinski definition) is 3. The number of carbonyl (C=O) groups is 1. The Hall–Kier alpha value is -1.33. The molecule has 5 heteroatoms. The molecule has 90 valence electrons. The molecule has 2 N–H and O–H groups in total. The van der Waals surface area contributed by atoms with Crippen molar-refractivity contribution in [2.45, 2.75) is 19.3 Å². The highest BCUT2D eigenvalue weighted by Crippen LogP contribution is 2.12. The van der Waals surface area contributed by atoms with E-state index in [0.29, 0.717) is 11.0 Å². The summed E-state index contributed by atoms with van der Waals surface area (Å²) in [6.45, 7) is 1.65. The van der Waals surface area contributed by atoms with Crippen molar-refractivity contribution in [3.05, 3.63) is 29.8 Å². The maximum Gasteiger partial charge on any atom is 0.488 e. The maximum atomic E-state index is 12.1. The van der Waals surface area contributed by atoms with E-state index in [-0.39, 0.29) is 5.91 Å². The van der Waals surface area contributed by atoms with Gasteiger partial charge in [-0.2, -0.15) is 0 Å². The van der Waals surface area contributed by atoms with Crippen LogP contribution in [0, 0.1) is 0 Å². The van der Waals surface area contributed by atoms with Crippen LogP contribution in [0.1, 0.15) is 29.6 Å². The summed E-state index contributed by atoms with van der Waals surface area (Å²) in [5.74, 6) is 0.0312. The van der Waals surface area contributed by atoms with Gasteiger partial charge in [-0.05, 0) is 36.9 Å². The van der Waals surface area contributed by atoms with Gasteiger partial charge in [0, 0.05) is 18.7 Å². The average Bonchev–Trinajstić information content (AvgIpc) is 2.39. The highest BCUT2D eigenvalue weighted by atomic mass is 16.4. The Morgan fingerprint density at radius 1 is 1.06 bits per heavy atom. The van der Waals surface area contributed by atoms with Gasteiger partial charge in [-0.1, -0.05) is 12.1 Å². The van der Waals surface area contributed by atoms with E-state index in [1.54, 1.807) is 24.3 Å². The molecule has 0 aromatic heterocycles. The van der Waals surface area contributed by atoms with Gasteiger partial charge in [-0.3, -0.25) is 4.79 Å². The van der Waals surface area contributed by atoms with E-state index in [9.17, 15) is 4.79 Å². The minimum absolute atomic E-state index is 0.0312. The molecule has 1 aromatic rings. The first kappa shape index (κ1) is 12.1. The number of piperidine rings is 1. The monoisotopic (exact) mass is 233 g/mol. The van der Waals surface area contributed by atoms with Crippen LogP contribution in [0.15, 0.2) is 24.3 Å². The highest BCUT2D eigenvalue weighted by molar-refractivity contribution is 6.58. The number of hydrogen-bond donors (Lipinski definition) is 2. The van der Waals surface area contributed by atoms with Crippen molar-refractivity contribution in [3.63, 3.8) is 0 Å². The zero-order chi connectivity index (χ0) is 12.3. The number of amides is 1. The van der Waals surface area contributed by atoms with Crippen LogP contribution in [0.3, 0.4) is 0 Å². The van der Waals surface area contributed by atoms with Crippen LogP contribution in [0.25, 0.3) is 0 Å². The summed E-state index contributed by atoms with van der Waals surface area (Å²) in [4.78, 5) is 13.9. The number of rotatable bonds is 2. The molecule has 0 saturated carbocycles. The second kappa shape index (κ2) is 5.34. The SMILES string of the molecule is O=C(c1ccc(B(O)O)cc1)N1CCCCC1. The molecule has 1 saturated heterocycles. The van der Waals surface area contributed by atoms with Gasteiger partial charge in [-0.15, -0.1) is 0 Å². The first-order valence-corrected chi connectivity index (χ1v) is 5.94. The zero-order valence-electron chi connectivity index (χ0n) is 9.67. The van der Waals surface area contributed by atoms with Crippen molar-refractivity contribution in [3.8, 4) is 0 Å². The van der Waals surface area contributed by atoms with Gasteiger partial charge < -0.3 is 14.9 Å². The predicted molar refractivity (Wildman–Crippen MR) is 66.0 cm³/mol. The van der Waals surface area contributed by atoms with Crippen LogP contribution in [-0.4, -0.2) is 41.1 Å². The van der Waals surface area contributed by atoms with Crippen molar-refractivity contribution in [2.24, 2.45) is 0 Å². The fourth-order valence-corrected chi connectivity index (χ4v) is 2.08. The molecule has 2 rings (SSSR count). The topological polar surface area (TPSA) is 60.8 Å². The third-order valence-corrected chi connectivity index (χ3v) is 3.10. The van der Waals surface area contributed by atoms with Crippen LogP contribution in [0.2, 0.25) is 0 Å². The first-order valence-electron chi connectivity index (χ1n) is 5.94. The van der Waals surface area contributed by atoms with Crippen molar-refractivity contribution >= 4 is 18.5 Å². The van der Waals surface area contributed by atoms with E-state index in [4.69, 9.17) is 10.0 Å². The smallest absolute Gasteiger partial charge is 0.423 e. The molecule has 0 bridgehead atoms. The van der Waals surface area contributed by atoms with E-state index in [0.717, 1.165) is 25.9 Å². The highest BCUT2D eigenvalue weighted by Gasteiger charge is 2.18. The molecule has 0 unspecified atom stereocenters. The van der Waals surface area contributed by atoms with Crippen molar-refractivity contribution in [2.75, 3.05) is 13.1 Å². The fraction of sp³-hybridized carbons (Fsp3) is 0.417. The van der Waals surface area contributed by atoms with E-state index in [2.05, 4.69) is 0 Å². The molecule has 1 aliphatic heterocycles. The molecule has 1 fully saturated rings. The van der Waals surface area contributed by atoms with Gasteiger partial charge in [0.25, 0.3) is 5.91 Å². The largest absolute Gasteiger partial charge is 0.488 e. The second-order valence-corrected chi connectivity index (χ2v) is 4.35. The van der Waals surface area contributed by atoms with Crippen LogP contribution in [-0.2, 0) is 0 Å². The average molecular weight is 233 g/mol. The van der Waals surface area contributed by atoms with Gasteiger partial charge in [0.05, 0.1) is 0 Å². The minimum Gasteiger partial charge on any atom is -0.423 e. The molecule has 0 spiro atoms. The maximum absolute atomic E-state index is 12.1. The van der Waals surface area contributed by atoms with Gasteiger partial charge in [0.15, 0.2) is 0 Å². The van der Waals surface area contributed by atoms with Crippen LogP contribution >= 0.6 is 0 Å². The van der Waals surface area contributed by atoms with Crippen molar-refractivity contribution < 1.29 is 14.8 Å². The summed E-state index contributed by atoms with van der Waals surface area (Å²) in [5.41, 5.74) is 1.01. The van der Waals surface area contributed by atoms with Gasteiger partial charge in [0.1, 0.15) is 0 Å². The minimum atomic E-state index is -1.48. The Labute approximate surface area is 101 Å². The molecule has 0 atom stereocenters. The summed E-state index contributed by atoms with van der Waals surface area (Å²) >= 11 is 0. The zero-order valence-corrected chi connectivity index (χ0v) is 9.67. The molecule has 0 aliphatic carbocycles. The third kappa shape index (κ3) is 2.87. The number of nitrogens with zero attached hydrogens (tertiary/aromatic N) is 1.